The molecule has 164 valence electrons. The van der Waals surface area contributed by atoms with Crippen LogP contribution < -0.4 is 4.90 Å². The number of hydrogen-bond acceptors (Lipinski definition) is 2. The number of benzene rings is 3. The van der Waals surface area contributed by atoms with E-state index in [1.807, 2.05) is 30.3 Å². The minimum atomic E-state index is -0.0270. The number of rotatable bonds is 3. The largest absolute Gasteiger partial charge is 0.361 e. The van der Waals surface area contributed by atoms with Crippen LogP contribution in [0, 0.1) is 6.92 Å². The molecule has 1 aliphatic heterocycles. The summed E-state index contributed by atoms with van der Waals surface area (Å²) in [5.74, 6) is 0.224. The lowest BCUT2D eigenvalue weighted by Crippen LogP contribution is -2.51. The first kappa shape index (κ1) is 21.4. The van der Waals surface area contributed by atoms with E-state index in [0.29, 0.717) is 18.1 Å². The zero-order chi connectivity index (χ0) is 22.2. The van der Waals surface area contributed by atoms with Gasteiger partial charge in [0, 0.05) is 35.4 Å². The van der Waals surface area contributed by atoms with Gasteiger partial charge in [0.1, 0.15) is 0 Å². The maximum atomic E-state index is 13.6. The lowest BCUT2D eigenvalue weighted by Gasteiger charge is -2.44. The molecule has 0 saturated carbocycles. The summed E-state index contributed by atoms with van der Waals surface area (Å²) in [6.45, 7) is 4.23. The van der Waals surface area contributed by atoms with E-state index in [9.17, 15) is 4.79 Å². The molecule has 3 aromatic carbocycles. The highest BCUT2D eigenvalue weighted by molar-refractivity contribution is 6.31. The number of nitrogens with zero attached hydrogens (tertiary/aromatic N) is 2. The van der Waals surface area contributed by atoms with Crippen LogP contribution >= 0.6 is 23.2 Å². The average Bonchev–Trinajstić information content (AvgIpc) is 3.23. The van der Waals surface area contributed by atoms with Gasteiger partial charge in [-0.3, -0.25) is 4.79 Å². The van der Waals surface area contributed by atoms with Gasteiger partial charge < -0.3 is 9.80 Å². The number of hydrogen-bond donors (Lipinski definition) is 0. The molecule has 1 saturated heterocycles. The van der Waals surface area contributed by atoms with Gasteiger partial charge in [-0.25, -0.2) is 0 Å². The third kappa shape index (κ3) is 4.00. The van der Waals surface area contributed by atoms with Crippen molar-refractivity contribution >= 4 is 34.8 Å². The molecule has 2 aliphatic rings. The molecule has 0 bridgehead atoms. The summed E-state index contributed by atoms with van der Waals surface area (Å²) in [6.07, 6.45) is 1.89. The van der Waals surface area contributed by atoms with Crippen LogP contribution in [-0.4, -0.2) is 30.4 Å². The maximum absolute atomic E-state index is 13.6. The van der Waals surface area contributed by atoms with Crippen LogP contribution in [-0.2, 0) is 11.2 Å². The third-order valence-electron chi connectivity index (χ3n) is 6.85. The molecule has 0 radical (unpaired) electrons. The Morgan fingerprint density at radius 2 is 1.69 bits per heavy atom. The number of amides is 1. The summed E-state index contributed by atoms with van der Waals surface area (Å²) >= 11 is 12.4. The molecular formula is C27H26Cl2N2O. The predicted octanol–water partition coefficient (Wildman–Crippen LogP) is 6.42. The molecule has 5 rings (SSSR count). The van der Waals surface area contributed by atoms with Crippen molar-refractivity contribution in [1.29, 1.82) is 0 Å². The quantitative estimate of drug-likeness (QED) is 0.446. The van der Waals surface area contributed by atoms with Gasteiger partial charge in [-0.2, -0.15) is 0 Å². The zero-order valence-electron chi connectivity index (χ0n) is 18.1. The summed E-state index contributed by atoms with van der Waals surface area (Å²) in [7, 11) is 0. The second-order valence-corrected chi connectivity index (χ2v) is 9.64. The molecular weight excluding hydrogens is 439 g/mol. The van der Waals surface area contributed by atoms with E-state index in [1.54, 1.807) is 0 Å². The van der Waals surface area contributed by atoms with Crippen LogP contribution in [0.1, 0.15) is 40.6 Å². The first-order valence-electron chi connectivity index (χ1n) is 11.2. The Morgan fingerprint density at radius 1 is 0.938 bits per heavy atom. The summed E-state index contributed by atoms with van der Waals surface area (Å²) in [4.78, 5) is 18.1. The first-order chi connectivity index (χ1) is 15.5. The number of aryl methyl sites for hydroxylation is 2. The molecule has 5 heteroatoms. The van der Waals surface area contributed by atoms with E-state index in [2.05, 4.69) is 53.1 Å². The molecule has 32 heavy (non-hydrogen) atoms. The third-order valence-corrected chi connectivity index (χ3v) is 7.33. The SMILES string of the molecule is Cc1cc(Cl)ccc1N1CCN(C(=O)C2CCc3ccccc32)CC1c1ccc(Cl)cc1. The van der Waals surface area contributed by atoms with Gasteiger partial charge in [-0.1, -0.05) is 59.6 Å². The normalized spacial score (nSPS) is 20.3. The minimum Gasteiger partial charge on any atom is -0.361 e. The van der Waals surface area contributed by atoms with Gasteiger partial charge in [-0.15, -0.1) is 0 Å². The van der Waals surface area contributed by atoms with Crippen LogP contribution in [0.3, 0.4) is 0 Å². The van der Waals surface area contributed by atoms with Crippen LogP contribution in [0.5, 0.6) is 0 Å². The lowest BCUT2D eigenvalue weighted by molar-refractivity contribution is -0.133. The topological polar surface area (TPSA) is 23.6 Å². The van der Waals surface area contributed by atoms with Crippen molar-refractivity contribution in [3.05, 3.63) is 99.0 Å². The van der Waals surface area contributed by atoms with Crippen molar-refractivity contribution in [2.24, 2.45) is 0 Å². The Bertz CT molecular complexity index is 1140. The molecule has 3 aromatic rings. The molecule has 1 amide bonds. The van der Waals surface area contributed by atoms with E-state index >= 15 is 0 Å². The number of halogens is 2. The first-order valence-corrected chi connectivity index (χ1v) is 11.9. The van der Waals surface area contributed by atoms with Crippen molar-refractivity contribution in [2.45, 2.75) is 31.7 Å². The molecule has 0 spiro atoms. The molecule has 0 aromatic heterocycles. The van der Waals surface area contributed by atoms with Crippen molar-refractivity contribution in [3.63, 3.8) is 0 Å². The summed E-state index contributed by atoms with van der Waals surface area (Å²) in [5, 5.41) is 1.46. The number of anilines is 1. The Morgan fingerprint density at radius 3 is 2.47 bits per heavy atom. The summed E-state index contributed by atoms with van der Waals surface area (Å²) in [6, 6.07) is 22.5. The molecule has 2 unspecified atom stereocenters. The highest BCUT2D eigenvalue weighted by atomic mass is 35.5. The van der Waals surface area contributed by atoms with Gasteiger partial charge in [-0.05, 0) is 72.4 Å². The van der Waals surface area contributed by atoms with E-state index in [0.717, 1.165) is 41.2 Å². The molecule has 2 atom stereocenters. The second-order valence-electron chi connectivity index (χ2n) is 8.77. The molecule has 1 aliphatic carbocycles. The lowest BCUT2D eigenvalue weighted by atomic mass is 9.96. The van der Waals surface area contributed by atoms with Crippen LogP contribution in [0.15, 0.2) is 66.7 Å². The van der Waals surface area contributed by atoms with Crippen LogP contribution in [0.4, 0.5) is 5.69 Å². The second kappa shape index (κ2) is 8.80. The van der Waals surface area contributed by atoms with Crippen LogP contribution in [0.2, 0.25) is 10.0 Å². The van der Waals surface area contributed by atoms with Crippen molar-refractivity contribution in [3.8, 4) is 0 Å². The van der Waals surface area contributed by atoms with E-state index in [1.165, 1.54) is 11.1 Å². The van der Waals surface area contributed by atoms with Gasteiger partial charge >= 0.3 is 0 Å². The summed E-state index contributed by atoms with van der Waals surface area (Å²) in [5.41, 5.74) is 5.98. The maximum Gasteiger partial charge on any atom is 0.230 e. The Labute approximate surface area is 199 Å². The van der Waals surface area contributed by atoms with Gasteiger partial charge in [0.25, 0.3) is 0 Å². The fourth-order valence-corrected chi connectivity index (χ4v) is 5.57. The fourth-order valence-electron chi connectivity index (χ4n) is 5.22. The van der Waals surface area contributed by atoms with Gasteiger partial charge in [0.15, 0.2) is 0 Å². The van der Waals surface area contributed by atoms with Gasteiger partial charge in [0.05, 0.1) is 12.0 Å². The molecule has 1 heterocycles. The van der Waals surface area contributed by atoms with E-state index < -0.39 is 0 Å². The fraction of sp³-hybridized carbons (Fsp3) is 0.296. The van der Waals surface area contributed by atoms with Crippen molar-refractivity contribution in [2.75, 3.05) is 24.5 Å². The zero-order valence-corrected chi connectivity index (χ0v) is 19.6. The smallest absolute Gasteiger partial charge is 0.230 e. The molecule has 0 N–H and O–H groups in total. The Hall–Kier alpha value is -2.49. The van der Waals surface area contributed by atoms with E-state index in [-0.39, 0.29) is 17.9 Å². The molecule has 1 fully saturated rings. The predicted molar refractivity (Wildman–Crippen MR) is 132 cm³/mol. The Kier molecular flexibility index (Phi) is 5.88. The van der Waals surface area contributed by atoms with Crippen molar-refractivity contribution in [1.82, 2.24) is 4.90 Å². The number of fused-ring (bicyclic) bond motifs is 1. The number of piperazine rings is 1. The highest BCUT2D eigenvalue weighted by Crippen LogP contribution is 2.38. The van der Waals surface area contributed by atoms with Gasteiger partial charge in [0.2, 0.25) is 5.91 Å². The number of carbonyl (C=O) groups excluding carboxylic acids is 1. The average molecular weight is 465 g/mol. The molecule has 3 nitrogen and oxygen atoms in total. The van der Waals surface area contributed by atoms with E-state index in [4.69, 9.17) is 23.2 Å². The van der Waals surface area contributed by atoms with Crippen LogP contribution in [0.25, 0.3) is 0 Å². The standard InChI is InChI=1S/C27H26Cl2N2O/c1-18-16-22(29)11-13-25(18)31-15-14-30(17-26(31)20-6-9-21(28)10-7-20)27(32)24-12-8-19-4-2-3-5-23(19)24/h2-7,9-11,13,16,24,26H,8,12,14-15,17H2,1H3. The Balaban J connectivity index is 1.45. The minimum absolute atomic E-state index is 0.0270. The highest BCUT2D eigenvalue weighted by Gasteiger charge is 2.36. The number of carbonyl (C=O) groups is 1. The van der Waals surface area contributed by atoms with Crippen molar-refractivity contribution < 1.29 is 4.79 Å². The monoisotopic (exact) mass is 464 g/mol. The summed E-state index contributed by atoms with van der Waals surface area (Å²) < 4.78 is 0.